The Balaban J connectivity index is 2.46. The quantitative estimate of drug-likeness (QED) is 0.757. The first-order chi connectivity index (χ1) is 8.15. The normalized spacial score (nSPS) is 12.9. The summed E-state index contributed by atoms with van der Waals surface area (Å²) in [5, 5.41) is 3.27. The molecule has 0 aliphatic carbocycles. The van der Waals surface area contributed by atoms with Crippen LogP contribution in [0.5, 0.6) is 0 Å². The molecule has 0 bridgehead atoms. The van der Waals surface area contributed by atoms with Crippen molar-refractivity contribution in [2.45, 2.75) is 38.0 Å². The standard InChI is InChI=1S/C14H23NOS/c1-4-9-15-10-11-17(16)14-7-5-13(6-8-14)12(2)3/h5-8,12,15H,4,9-11H2,1-3H3. The van der Waals surface area contributed by atoms with Crippen molar-refractivity contribution in [2.75, 3.05) is 18.8 Å². The molecular weight excluding hydrogens is 230 g/mol. The number of nitrogens with one attached hydrogen (secondary N) is 1. The van der Waals surface area contributed by atoms with Crippen LogP contribution in [0.25, 0.3) is 0 Å². The molecule has 0 amide bonds. The van der Waals surface area contributed by atoms with Gasteiger partial charge in [0.2, 0.25) is 0 Å². The van der Waals surface area contributed by atoms with Crippen molar-refractivity contribution in [1.82, 2.24) is 5.32 Å². The van der Waals surface area contributed by atoms with E-state index in [1.807, 2.05) is 12.1 Å². The fourth-order valence-corrected chi connectivity index (χ4v) is 2.59. The number of hydrogen-bond acceptors (Lipinski definition) is 2. The summed E-state index contributed by atoms with van der Waals surface area (Å²) in [5.41, 5.74) is 1.30. The lowest BCUT2D eigenvalue weighted by molar-refractivity contribution is 0.669. The zero-order valence-corrected chi connectivity index (χ0v) is 11.8. The zero-order chi connectivity index (χ0) is 12.7. The molecule has 0 aliphatic rings. The highest BCUT2D eigenvalue weighted by Crippen LogP contribution is 2.16. The second kappa shape index (κ2) is 7.62. The Morgan fingerprint density at radius 2 is 1.82 bits per heavy atom. The van der Waals surface area contributed by atoms with Crippen LogP contribution in [0.2, 0.25) is 0 Å². The molecule has 1 atom stereocenters. The first-order valence-corrected chi connectivity index (χ1v) is 7.66. The Kier molecular flexibility index (Phi) is 6.45. The predicted octanol–water partition coefficient (Wildman–Crippen LogP) is 2.92. The maximum Gasteiger partial charge on any atom is 0.0542 e. The van der Waals surface area contributed by atoms with Gasteiger partial charge in [-0.15, -0.1) is 0 Å². The third-order valence-corrected chi connectivity index (χ3v) is 4.07. The van der Waals surface area contributed by atoms with Crippen molar-refractivity contribution < 1.29 is 4.21 Å². The maximum absolute atomic E-state index is 12.0. The Hall–Kier alpha value is -0.670. The number of hydrogen-bond donors (Lipinski definition) is 1. The molecular formula is C14H23NOS. The first-order valence-electron chi connectivity index (χ1n) is 6.34. The lowest BCUT2D eigenvalue weighted by Gasteiger charge is -2.07. The van der Waals surface area contributed by atoms with Gasteiger partial charge in [0.05, 0.1) is 10.8 Å². The van der Waals surface area contributed by atoms with E-state index in [9.17, 15) is 4.21 Å². The van der Waals surface area contributed by atoms with Crippen molar-refractivity contribution in [3.63, 3.8) is 0 Å². The van der Waals surface area contributed by atoms with E-state index in [0.29, 0.717) is 11.7 Å². The van der Waals surface area contributed by atoms with Crippen LogP contribution in [-0.2, 0) is 10.8 Å². The lowest BCUT2D eigenvalue weighted by atomic mass is 10.0. The smallest absolute Gasteiger partial charge is 0.0542 e. The highest BCUT2D eigenvalue weighted by molar-refractivity contribution is 7.85. The minimum absolute atomic E-state index is 0.531. The molecule has 96 valence electrons. The van der Waals surface area contributed by atoms with Gasteiger partial charge < -0.3 is 5.32 Å². The van der Waals surface area contributed by atoms with Crippen LogP contribution < -0.4 is 5.32 Å². The molecule has 3 heteroatoms. The van der Waals surface area contributed by atoms with E-state index in [-0.39, 0.29) is 0 Å². The van der Waals surface area contributed by atoms with Gasteiger partial charge in [-0.1, -0.05) is 32.9 Å². The van der Waals surface area contributed by atoms with Gasteiger partial charge >= 0.3 is 0 Å². The van der Waals surface area contributed by atoms with Crippen LogP contribution in [-0.4, -0.2) is 23.1 Å². The monoisotopic (exact) mass is 253 g/mol. The van der Waals surface area contributed by atoms with Crippen molar-refractivity contribution >= 4 is 10.8 Å². The average Bonchev–Trinajstić information content (AvgIpc) is 2.34. The maximum atomic E-state index is 12.0. The van der Waals surface area contributed by atoms with Gasteiger partial charge in [-0.25, -0.2) is 0 Å². The summed E-state index contributed by atoms with van der Waals surface area (Å²) in [6.45, 7) is 8.30. The van der Waals surface area contributed by atoms with Crippen molar-refractivity contribution in [2.24, 2.45) is 0 Å². The average molecular weight is 253 g/mol. The molecule has 0 heterocycles. The molecule has 0 aliphatic heterocycles. The van der Waals surface area contributed by atoms with Crippen LogP contribution in [0.4, 0.5) is 0 Å². The molecule has 1 aromatic rings. The lowest BCUT2D eigenvalue weighted by Crippen LogP contribution is -2.21. The van der Waals surface area contributed by atoms with E-state index in [1.165, 1.54) is 5.56 Å². The summed E-state index contributed by atoms with van der Waals surface area (Å²) in [5.74, 6) is 1.23. The van der Waals surface area contributed by atoms with Gasteiger partial charge in [-0.3, -0.25) is 4.21 Å². The van der Waals surface area contributed by atoms with Crippen LogP contribution in [0, 0.1) is 0 Å². The first kappa shape index (κ1) is 14.4. The summed E-state index contributed by atoms with van der Waals surface area (Å²) in [6, 6.07) is 8.14. The topological polar surface area (TPSA) is 29.1 Å². The highest BCUT2D eigenvalue weighted by atomic mass is 32.2. The minimum Gasteiger partial charge on any atom is -0.316 e. The molecule has 2 nitrogen and oxygen atoms in total. The Labute approximate surface area is 107 Å². The van der Waals surface area contributed by atoms with Crippen LogP contribution in [0.1, 0.15) is 38.7 Å². The van der Waals surface area contributed by atoms with E-state index >= 15 is 0 Å². The molecule has 1 aromatic carbocycles. The van der Waals surface area contributed by atoms with Gasteiger partial charge in [0.25, 0.3) is 0 Å². The van der Waals surface area contributed by atoms with Gasteiger partial charge in [0.1, 0.15) is 0 Å². The molecule has 0 radical (unpaired) electrons. The zero-order valence-electron chi connectivity index (χ0n) is 11.0. The van der Waals surface area contributed by atoms with Gasteiger partial charge in [-0.05, 0) is 36.6 Å². The molecule has 0 saturated carbocycles. The SMILES string of the molecule is CCCNCCS(=O)c1ccc(C(C)C)cc1. The van der Waals surface area contributed by atoms with Gasteiger partial charge in [0.15, 0.2) is 0 Å². The van der Waals surface area contributed by atoms with E-state index in [1.54, 1.807) is 0 Å². The van der Waals surface area contributed by atoms with E-state index in [2.05, 4.69) is 38.2 Å². The third kappa shape index (κ3) is 5.00. The van der Waals surface area contributed by atoms with E-state index in [0.717, 1.165) is 24.4 Å². The largest absolute Gasteiger partial charge is 0.316 e. The predicted molar refractivity (Wildman–Crippen MR) is 75.0 cm³/mol. The molecule has 17 heavy (non-hydrogen) atoms. The fraction of sp³-hybridized carbons (Fsp3) is 0.571. The van der Waals surface area contributed by atoms with E-state index in [4.69, 9.17) is 0 Å². The Morgan fingerprint density at radius 3 is 2.35 bits per heavy atom. The molecule has 1 unspecified atom stereocenters. The Bertz CT molecular complexity index is 346. The fourth-order valence-electron chi connectivity index (χ4n) is 1.59. The molecule has 1 rings (SSSR count). The van der Waals surface area contributed by atoms with Crippen LogP contribution in [0.3, 0.4) is 0 Å². The summed E-state index contributed by atoms with van der Waals surface area (Å²) < 4.78 is 12.0. The van der Waals surface area contributed by atoms with Crippen molar-refractivity contribution in [3.8, 4) is 0 Å². The second-order valence-corrected chi connectivity index (χ2v) is 6.09. The van der Waals surface area contributed by atoms with Gasteiger partial charge in [-0.2, -0.15) is 0 Å². The summed E-state index contributed by atoms with van der Waals surface area (Å²) in [6.07, 6.45) is 1.12. The summed E-state index contributed by atoms with van der Waals surface area (Å²) >= 11 is 0. The van der Waals surface area contributed by atoms with Crippen LogP contribution in [0.15, 0.2) is 29.2 Å². The van der Waals surface area contributed by atoms with Gasteiger partial charge in [0, 0.05) is 17.2 Å². The molecule has 0 saturated heterocycles. The second-order valence-electron chi connectivity index (χ2n) is 4.52. The molecule has 0 spiro atoms. The van der Waals surface area contributed by atoms with Crippen molar-refractivity contribution in [1.29, 1.82) is 0 Å². The number of rotatable bonds is 7. The number of benzene rings is 1. The van der Waals surface area contributed by atoms with Crippen LogP contribution >= 0.6 is 0 Å². The third-order valence-electron chi connectivity index (χ3n) is 2.70. The highest BCUT2D eigenvalue weighted by Gasteiger charge is 2.04. The molecule has 0 aromatic heterocycles. The van der Waals surface area contributed by atoms with Crippen molar-refractivity contribution in [3.05, 3.63) is 29.8 Å². The Morgan fingerprint density at radius 1 is 1.18 bits per heavy atom. The molecule has 0 fully saturated rings. The summed E-state index contributed by atoms with van der Waals surface area (Å²) in [4.78, 5) is 0.938. The van der Waals surface area contributed by atoms with E-state index < -0.39 is 10.8 Å². The molecule has 1 N–H and O–H groups in total. The summed E-state index contributed by atoms with van der Waals surface area (Å²) in [7, 11) is -0.871. The minimum atomic E-state index is -0.871.